The van der Waals surface area contributed by atoms with Gasteiger partial charge in [-0.15, -0.1) is 0 Å². The molecule has 0 bridgehead atoms. The number of nitrogen functional groups attached to an aromatic ring is 1. The van der Waals surface area contributed by atoms with Crippen molar-refractivity contribution >= 4 is 23.0 Å². The summed E-state index contributed by atoms with van der Waals surface area (Å²) in [5.41, 5.74) is 13.9. The van der Waals surface area contributed by atoms with Crippen LogP contribution >= 0.6 is 0 Å². The highest BCUT2D eigenvalue weighted by Crippen LogP contribution is 2.32. The number of ether oxygens (including phenoxy) is 2. The Kier molecular flexibility index (Phi) is 10.1. The number of methoxy groups -OCH3 is 1. The molecule has 1 fully saturated rings. The van der Waals surface area contributed by atoms with E-state index in [0.29, 0.717) is 37.2 Å². The number of aliphatic hydroxyl groups is 2. The first kappa shape index (κ1) is 28.8. The lowest BCUT2D eigenvalue weighted by molar-refractivity contribution is -0.142. The maximum absolute atomic E-state index is 11.8. The fraction of sp³-hybridized carbons (Fsp3) is 0.538. The monoisotopic (exact) mass is 542 g/mol. The van der Waals surface area contributed by atoms with Crippen molar-refractivity contribution in [3.05, 3.63) is 48.5 Å². The lowest BCUT2D eigenvalue weighted by atomic mass is 10.1. The molecular formula is C26H38N8O5. The van der Waals surface area contributed by atoms with E-state index in [-0.39, 0.29) is 5.82 Å². The number of anilines is 1. The van der Waals surface area contributed by atoms with Crippen LogP contribution in [0.15, 0.2) is 43.0 Å². The fourth-order valence-electron chi connectivity index (χ4n) is 4.74. The number of aliphatic hydroxyl groups excluding tert-OH is 2. The van der Waals surface area contributed by atoms with Gasteiger partial charge in [-0.1, -0.05) is 30.3 Å². The first-order chi connectivity index (χ1) is 18.9. The van der Waals surface area contributed by atoms with Gasteiger partial charge >= 0.3 is 5.97 Å². The molecule has 2 aromatic heterocycles. The van der Waals surface area contributed by atoms with Gasteiger partial charge in [-0.2, -0.15) is 0 Å². The van der Waals surface area contributed by atoms with Crippen LogP contribution in [0.2, 0.25) is 0 Å². The number of nitrogens with two attached hydrogens (primary N) is 2. The molecule has 4 rings (SSSR count). The summed E-state index contributed by atoms with van der Waals surface area (Å²) in [5.74, 6) is -0.257. The summed E-state index contributed by atoms with van der Waals surface area (Å²) < 4.78 is 12.4. The molecule has 7 N–H and O–H groups in total. The van der Waals surface area contributed by atoms with Gasteiger partial charge in [0.25, 0.3) is 0 Å². The Hall–Kier alpha value is -3.20. The highest BCUT2D eigenvalue weighted by atomic mass is 16.6. The lowest BCUT2D eigenvalue weighted by Crippen LogP contribution is -2.43. The number of aromatic nitrogens is 4. The average molecular weight is 543 g/mol. The Morgan fingerprint density at radius 1 is 1.18 bits per heavy atom. The summed E-state index contributed by atoms with van der Waals surface area (Å²) in [7, 11) is 1.31. The second kappa shape index (κ2) is 13.7. The predicted octanol–water partition coefficient (Wildman–Crippen LogP) is -0.557. The molecule has 3 aromatic rings. The summed E-state index contributed by atoms with van der Waals surface area (Å²) in [6, 6.07) is 9.54. The van der Waals surface area contributed by atoms with Gasteiger partial charge < -0.3 is 41.4 Å². The first-order valence-electron chi connectivity index (χ1n) is 13.1. The highest BCUT2D eigenvalue weighted by Gasteiger charge is 2.44. The number of carbonyl (C=O) groups is 1. The number of nitrogens with one attached hydrogen (secondary N) is 1. The number of rotatable bonds is 14. The highest BCUT2D eigenvalue weighted by molar-refractivity contribution is 5.81. The summed E-state index contributed by atoms with van der Waals surface area (Å²) in [4.78, 5) is 26.3. The minimum atomic E-state index is -1.21. The lowest BCUT2D eigenvalue weighted by Gasteiger charge is -2.27. The van der Waals surface area contributed by atoms with Crippen molar-refractivity contribution < 1.29 is 24.5 Å². The molecule has 39 heavy (non-hydrogen) atoms. The largest absolute Gasteiger partial charge is 0.468 e. The maximum atomic E-state index is 11.8. The predicted molar refractivity (Wildman–Crippen MR) is 144 cm³/mol. The molecule has 212 valence electrons. The van der Waals surface area contributed by atoms with E-state index in [2.05, 4.69) is 37.3 Å². The molecular weight excluding hydrogens is 504 g/mol. The van der Waals surface area contributed by atoms with E-state index >= 15 is 0 Å². The van der Waals surface area contributed by atoms with Crippen LogP contribution in [0.1, 0.15) is 24.6 Å². The molecule has 0 unspecified atom stereocenters. The summed E-state index contributed by atoms with van der Waals surface area (Å²) in [6.45, 7) is 3.16. The number of benzene rings is 1. The summed E-state index contributed by atoms with van der Waals surface area (Å²) >= 11 is 0. The molecule has 5 atom stereocenters. The van der Waals surface area contributed by atoms with Crippen LogP contribution in [0.5, 0.6) is 0 Å². The van der Waals surface area contributed by atoms with E-state index in [1.165, 1.54) is 25.3 Å². The normalized spacial score (nSPS) is 22.0. The third kappa shape index (κ3) is 7.26. The van der Waals surface area contributed by atoms with Crippen LogP contribution in [0.25, 0.3) is 11.2 Å². The Labute approximate surface area is 227 Å². The zero-order valence-electron chi connectivity index (χ0n) is 22.1. The zero-order valence-corrected chi connectivity index (χ0v) is 22.1. The first-order valence-corrected chi connectivity index (χ1v) is 13.1. The van der Waals surface area contributed by atoms with Crippen molar-refractivity contribution in [2.45, 2.75) is 49.8 Å². The molecule has 0 amide bonds. The summed E-state index contributed by atoms with van der Waals surface area (Å²) in [6.07, 6.45) is 0.988. The van der Waals surface area contributed by atoms with Gasteiger partial charge in [-0.05, 0) is 44.5 Å². The molecule has 3 heterocycles. The number of imidazole rings is 1. The van der Waals surface area contributed by atoms with Crippen molar-refractivity contribution in [3.8, 4) is 0 Å². The Bertz CT molecular complexity index is 1200. The standard InChI is InChI=1S/C26H38N8O5/c1-38-26(37)18(27)9-13-33(12-5-10-29-11-8-17-6-3-2-4-7-17)14-19-21(35)22(36)25(39-19)34-16-32-20-23(28)30-15-31-24(20)34/h2-4,6-7,15-16,18-19,21-22,25,29,35-36H,5,8-14,27H2,1H3,(H2,28,30,31)/t18-,19+,21+,22+,25+/m0/s1. The molecule has 0 saturated carbocycles. The minimum absolute atomic E-state index is 0.217. The van der Waals surface area contributed by atoms with E-state index in [1.54, 1.807) is 4.57 Å². The second-order valence-electron chi connectivity index (χ2n) is 9.69. The number of nitrogens with zero attached hydrogens (tertiary/aromatic N) is 5. The van der Waals surface area contributed by atoms with Crippen molar-refractivity contribution in [2.75, 3.05) is 45.6 Å². The number of carbonyl (C=O) groups excluding carboxylic acids is 1. The van der Waals surface area contributed by atoms with Crippen LogP contribution in [0.4, 0.5) is 5.82 Å². The van der Waals surface area contributed by atoms with Gasteiger partial charge in [0.2, 0.25) is 0 Å². The Morgan fingerprint density at radius 2 is 1.97 bits per heavy atom. The fourth-order valence-corrected chi connectivity index (χ4v) is 4.74. The van der Waals surface area contributed by atoms with Gasteiger partial charge in [-0.25, -0.2) is 15.0 Å². The molecule has 1 saturated heterocycles. The van der Waals surface area contributed by atoms with Crippen molar-refractivity contribution in [2.24, 2.45) is 5.73 Å². The van der Waals surface area contributed by atoms with E-state index in [9.17, 15) is 15.0 Å². The molecule has 0 aliphatic carbocycles. The van der Waals surface area contributed by atoms with Gasteiger partial charge in [0.05, 0.1) is 13.4 Å². The average Bonchev–Trinajstić information content (AvgIpc) is 3.50. The van der Waals surface area contributed by atoms with Crippen molar-refractivity contribution in [1.82, 2.24) is 29.7 Å². The number of esters is 1. The molecule has 1 aliphatic rings. The van der Waals surface area contributed by atoms with Gasteiger partial charge in [-0.3, -0.25) is 9.36 Å². The number of hydrogen-bond donors (Lipinski definition) is 5. The Morgan fingerprint density at radius 3 is 2.74 bits per heavy atom. The summed E-state index contributed by atoms with van der Waals surface area (Å²) in [5, 5.41) is 25.1. The molecule has 1 aromatic carbocycles. The van der Waals surface area contributed by atoms with E-state index in [1.807, 2.05) is 18.2 Å². The molecule has 13 nitrogen and oxygen atoms in total. The van der Waals surface area contributed by atoms with Gasteiger partial charge in [0.15, 0.2) is 17.7 Å². The van der Waals surface area contributed by atoms with E-state index in [4.69, 9.17) is 20.9 Å². The number of fused-ring (bicyclic) bond motifs is 1. The third-order valence-corrected chi connectivity index (χ3v) is 6.96. The second-order valence-corrected chi connectivity index (χ2v) is 9.69. The molecule has 13 heteroatoms. The topological polar surface area (TPSA) is 187 Å². The zero-order chi connectivity index (χ0) is 27.8. The van der Waals surface area contributed by atoms with Crippen LogP contribution in [0, 0.1) is 0 Å². The van der Waals surface area contributed by atoms with Crippen LogP contribution < -0.4 is 16.8 Å². The van der Waals surface area contributed by atoms with Crippen LogP contribution in [0.3, 0.4) is 0 Å². The maximum Gasteiger partial charge on any atom is 0.322 e. The van der Waals surface area contributed by atoms with E-state index < -0.39 is 36.6 Å². The minimum Gasteiger partial charge on any atom is -0.468 e. The Balaban J connectivity index is 1.35. The van der Waals surface area contributed by atoms with Crippen molar-refractivity contribution in [3.63, 3.8) is 0 Å². The van der Waals surface area contributed by atoms with Crippen LogP contribution in [-0.2, 0) is 20.7 Å². The molecule has 0 radical (unpaired) electrons. The van der Waals surface area contributed by atoms with Crippen LogP contribution in [-0.4, -0.2) is 105 Å². The molecule has 1 aliphatic heterocycles. The SMILES string of the molecule is COC(=O)[C@@H](N)CCN(CCCNCCc1ccccc1)C[C@H]1O[C@@H](n2cnc3c(N)ncnc32)[C@H](O)[C@@H]1O. The molecule has 0 spiro atoms. The quantitative estimate of drug-likeness (QED) is 0.129. The van der Waals surface area contributed by atoms with Gasteiger partial charge in [0.1, 0.15) is 36.2 Å². The number of hydrogen-bond acceptors (Lipinski definition) is 12. The van der Waals surface area contributed by atoms with E-state index in [0.717, 1.165) is 25.9 Å². The van der Waals surface area contributed by atoms with Gasteiger partial charge in [0, 0.05) is 13.1 Å². The van der Waals surface area contributed by atoms with Crippen molar-refractivity contribution in [1.29, 1.82) is 0 Å². The smallest absolute Gasteiger partial charge is 0.322 e. The third-order valence-electron chi connectivity index (χ3n) is 6.96.